The molecule has 20 heavy (non-hydrogen) atoms. The molecule has 0 unspecified atom stereocenters. The zero-order valence-electron chi connectivity index (χ0n) is 11.2. The predicted octanol–water partition coefficient (Wildman–Crippen LogP) is 3.29. The minimum atomic E-state index is 0.187. The molecule has 0 saturated heterocycles. The first-order chi connectivity index (χ1) is 9.93. The summed E-state index contributed by atoms with van der Waals surface area (Å²) in [5.41, 5.74) is 3.69. The standard InChI is InChI=1S/C17H17N3/c1-3-7-15(8-4-1)17(16-9-5-2-6-10-16)18-11-14-12-19-20-13-14/h1-10,12-13,17-18H,11H2,(H,19,20). The van der Waals surface area contributed by atoms with Gasteiger partial charge < -0.3 is 5.32 Å². The van der Waals surface area contributed by atoms with Crippen molar-refractivity contribution in [3.63, 3.8) is 0 Å². The summed E-state index contributed by atoms with van der Waals surface area (Å²) in [6.45, 7) is 0.783. The molecule has 0 radical (unpaired) electrons. The fourth-order valence-corrected chi connectivity index (χ4v) is 2.31. The highest BCUT2D eigenvalue weighted by molar-refractivity contribution is 5.31. The molecule has 100 valence electrons. The van der Waals surface area contributed by atoms with Gasteiger partial charge in [-0.15, -0.1) is 0 Å². The van der Waals surface area contributed by atoms with E-state index in [1.165, 1.54) is 11.1 Å². The summed E-state index contributed by atoms with van der Waals surface area (Å²) >= 11 is 0. The maximum Gasteiger partial charge on any atom is 0.0579 e. The molecule has 0 aliphatic heterocycles. The van der Waals surface area contributed by atoms with Crippen LogP contribution in [-0.4, -0.2) is 10.2 Å². The van der Waals surface area contributed by atoms with E-state index >= 15 is 0 Å². The van der Waals surface area contributed by atoms with E-state index in [-0.39, 0.29) is 6.04 Å². The summed E-state index contributed by atoms with van der Waals surface area (Å²) < 4.78 is 0. The Hall–Kier alpha value is -2.39. The summed E-state index contributed by atoms with van der Waals surface area (Å²) in [5, 5.41) is 10.4. The number of H-pyrrole nitrogens is 1. The average molecular weight is 263 g/mol. The molecule has 3 heteroatoms. The van der Waals surface area contributed by atoms with Crippen molar-refractivity contribution in [1.29, 1.82) is 0 Å². The highest BCUT2D eigenvalue weighted by Crippen LogP contribution is 2.22. The average Bonchev–Trinajstić information content (AvgIpc) is 3.03. The van der Waals surface area contributed by atoms with E-state index in [2.05, 4.69) is 64.0 Å². The van der Waals surface area contributed by atoms with E-state index in [1.54, 1.807) is 0 Å². The van der Waals surface area contributed by atoms with Gasteiger partial charge in [-0.05, 0) is 11.1 Å². The quantitative estimate of drug-likeness (QED) is 0.741. The van der Waals surface area contributed by atoms with Crippen molar-refractivity contribution in [3.05, 3.63) is 89.7 Å². The van der Waals surface area contributed by atoms with Crippen molar-refractivity contribution in [2.45, 2.75) is 12.6 Å². The first-order valence-electron chi connectivity index (χ1n) is 6.74. The molecule has 0 aliphatic carbocycles. The summed E-state index contributed by atoms with van der Waals surface area (Å²) in [6.07, 6.45) is 3.76. The molecular formula is C17H17N3. The van der Waals surface area contributed by atoms with Crippen molar-refractivity contribution in [1.82, 2.24) is 15.5 Å². The van der Waals surface area contributed by atoms with E-state index in [0.29, 0.717) is 0 Å². The van der Waals surface area contributed by atoms with E-state index < -0.39 is 0 Å². The molecule has 0 saturated carbocycles. The van der Waals surface area contributed by atoms with Crippen molar-refractivity contribution in [2.75, 3.05) is 0 Å². The van der Waals surface area contributed by atoms with Gasteiger partial charge in [0.05, 0.1) is 12.2 Å². The van der Waals surface area contributed by atoms with Crippen LogP contribution in [0.4, 0.5) is 0 Å². The molecule has 1 heterocycles. The number of benzene rings is 2. The Kier molecular flexibility index (Phi) is 3.90. The molecule has 0 aliphatic rings. The first kappa shape index (κ1) is 12.6. The van der Waals surface area contributed by atoms with E-state index in [9.17, 15) is 0 Å². The Morgan fingerprint density at radius 1 is 0.900 bits per heavy atom. The van der Waals surface area contributed by atoms with Crippen molar-refractivity contribution in [2.24, 2.45) is 0 Å². The number of nitrogens with zero attached hydrogens (tertiary/aromatic N) is 1. The van der Waals surface area contributed by atoms with Crippen LogP contribution in [0.1, 0.15) is 22.7 Å². The predicted molar refractivity (Wildman–Crippen MR) is 80.2 cm³/mol. The van der Waals surface area contributed by atoms with Gasteiger partial charge in [0.25, 0.3) is 0 Å². The Morgan fingerprint density at radius 2 is 1.50 bits per heavy atom. The number of nitrogens with one attached hydrogen (secondary N) is 2. The maximum atomic E-state index is 3.98. The van der Waals surface area contributed by atoms with Crippen LogP contribution in [-0.2, 0) is 6.54 Å². The number of hydrogen-bond acceptors (Lipinski definition) is 2. The Labute approximate surface area is 118 Å². The van der Waals surface area contributed by atoms with Gasteiger partial charge in [-0.25, -0.2) is 0 Å². The van der Waals surface area contributed by atoms with Gasteiger partial charge in [0, 0.05) is 18.3 Å². The molecule has 0 spiro atoms. The van der Waals surface area contributed by atoms with Crippen LogP contribution in [0.25, 0.3) is 0 Å². The monoisotopic (exact) mass is 263 g/mol. The number of rotatable bonds is 5. The maximum absolute atomic E-state index is 3.98. The molecule has 0 bridgehead atoms. The zero-order valence-corrected chi connectivity index (χ0v) is 11.2. The Balaban J connectivity index is 1.84. The SMILES string of the molecule is c1ccc(C(NCc2cn[nH]c2)c2ccccc2)cc1. The summed E-state index contributed by atoms with van der Waals surface area (Å²) in [5.74, 6) is 0. The third-order valence-electron chi connectivity index (χ3n) is 3.33. The second-order valence-corrected chi connectivity index (χ2v) is 4.74. The molecule has 1 aromatic heterocycles. The lowest BCUT2D eigenvalue weighted by Gasteiger charge is -2.19. The van der Waals surface area contributed by atoms with Crippen molar-refractivity contribution >= 4 is 0 Å². The van der Waals surface area contributed by atoms with Crippen molar-refractivity contribution in [3.8, 4) is 0 Å². The molecule has 3 aromatic rings. The molecule has 0 atom stereocenters. The minimum Gasteiger partial charge on any atom is -0.302 e. The highest BCUT2D eigenvalue weighted by atomic mass is 15.1. The van der Waals surface area contributed by atoms with Gasteiger partial charge in [-0.2, -0.15) is 5.10 Å². The third-order valence-corrected chi connectivity index (χ3v) is 3.33. The first-order valence-corrected chi connectivity index (χ1v) is 6.74. The molecule has 0 fully saturated rings. The third kappa shape index (κ3) is 2.95. The van der Waals surface area contributed by atoms with Gasteiger partial charge >= 0.3 is 0 Å². The summed E-state index contributed by atoms with van der Waals surface area (Å²) in [7, 11) is 0. The van der Waals surface area contributed by atoms with E-state index in [4.69, 9.17) is 0 Å². The summed E-state index contributed by atoms with van der Waals surface area (Å²) in [6, 6.07) is 21.2. The number of hydrogen-bond donors (Lipinski definition) is 2. The Bertz CT molecular complexity index is 578. The molecular weight excluding hydrogens is 246 g/mol. The van der Waals surface area contributed by atoms with Crippen LogP contribution in [0.5, 0.6) is 0 Å². The normalized spacial score (nSPS) is 10.8. The lowest BCUT2D eigenvalue weighted by atomic mass is 9.98. The molecule has 3 nitrogen and oxygen atoms in total. The van der Waals surface area contributed by atoms with Crippen LogP contribution in [0.2, 0.25) is 0 Å². The number of aromatic nitrogens is 2. The van der Waals surface area contributed by atoms with Crippen LogP contribution < -0.4 is 5.32 Å². The lowest BCUT2D eigenvalue weighted by Crippen LogP contribution is -2.21. The van der Waals surface area contributed by atoms with Crippen LogP contribution in [0.3, 0.4) is 0 Å². The number of aromatic amines is 1. The smallest absolute Gasteiger partial charge is 0.0579 e. The molecule has 2 N–H and O–H groups in total. The highest BCUT2D eigenvalue weighted by Gasteiger charge is 2.12. The largest absolute Gasteiger partial charge is 0.302 e. The second kappa shape index (κ2) is 6.17. The molecule has 0 amide bonds. The minimum absolute atomic E-state index is 0.187. The van der Waals surface area contributed by atoms with Gasteiger partial charge in [-0.3, -0.25) is 5.10 Å². The van der Waals surface area contributed by atoms with Gasteiger partial charge in [-0.1, -0.05) is 60.7 Å². The van der Waals surface area contributed by atoms with Gasteiger partial charge in [0.15, 0.2) is 0 Å². The zero-order chi connectivity index (χ0) is 13.6. The van der Waals surface area contributed by atoms with Crippen molar-refractivity contribution < 1.29 is 0 Å². The fourth-order valence-electron chi connectivity index (χ4n) is 2.31. The summed E-state index contributed by atoms with van der Waals surface area (Å²) in [4.78, 5) is 0. The topological polar surface area (TPSA) is 40.7 Å². The van der Waals surface area contributed by atoms with Crippen LogP contribution >= 0.6 is 0 Å². The van der Waals surface area contributed by atoms with E-state index in [1.807, 2.05) is 24.5 Å². The fraction of sp³-hybridized carbons (Fsp3) is 0.118. The van der Waals surface area contributed by atoms with Gasteiger partial charge in [0.1, 0.15) is 0 Å². The Morgan fingerprint density at radius 3 is 2.00 bits per heavy atom. The van der Waals surface area contributed by atoms with E-state index in [0.717, 1.165) is 12.1 Å². The second-order valence-electron chi connectivity index (χ2n) is 4.74. The van der Waals surface area contributed by atoms with Gasteiger partial charge in [0.2, 0.25) is 0 Å². The van der Waals surface area contributed by atoms with Crippen LogP contribution in [0.15, 0.2) is 73.1 Å². The molecule has 3 rings (SSSR count). The lowest BCUT2D eigenvalue weighted by molar-refractivity contribution is 0.605. The van der Waals surface area contributed by atoms with Crippen LogP contribution in [0, 0.1) is 0 Å². The molecule has 2 aromatic carbocycles.